The molecule has 1 atom stereocenters. The van der Waals surface area contributed by atoms with Crippen LogP contribution in [0.3, 0.4) is 0 Å². The Kier molecular flexibility index (Phi) is 9.86. The van der Waals surface area contributed by atoms with Crippen LogP contribution in [0.5, 0.6) is 11.5 Å². The third-order valence-corrected chi connectivity index (χ3v) is 7.59. The smallest absolute Gasteiger partial charge is 0.277 e. The molecule has 37 heavy (non-hydrogen) atoms. The van der Waals surface area contributed by atoms with E-state index >= 15 is 0 Å². The van der Waals surface area contributed by atoms with Gasteiger partial charge in [0.2, 0.25) is 5.91 Å². The van der Waals surface area contributed by atoms with Gasteiger partial charge in [-0.05, 0) is 49.4 Å². The predicted molar refractivity (Wildman–Crippen MR) is 142 cm³/mol. The summed E-state index contributed by atoms with van der Waals surface area (Å²) in [5, 5.41) is 7.69. The molecule has 1 aliphatic heterocycles. The van der Waals surface area contributed by atoms with Crippen molar-refractivity contribution in [1.82, 2.24) is 14.3 Å². The zero-order chi connectivity index (χ0) is 27.0. The number of hydrogen-bond acceptors (Lipinski definition) is 7. The molecule has 0 saturated carbocycles. The maximum atomic E-state index is 13.5. The Labute approximate surface area is 218 Å². The number of nitrogens with zero attached hydrogens (tertiary/aromatic N) is 1. The quantitative estimate of drug-likeness (QED) is 0.198. The minimum absolute atomic E-state index is 0.0711. The highest BCUT2D eigenvalue weighted by molar-refractivity contribution is 7.87. The molecule has 1 saturated heterocycles. The number of carbonyl (C=O) groups is 1. The first-order valence-corrected chi connectivity index (χ1v) is 13.5. The summed E-state index contributed by atoms with van der Waals surface area (Å²) in [6.07, 6.45) is 1.64. The average Bonchev–Trinajstić information content (AvgIpc) is 2.90. The fourth-order valence-corrected chi connectivity index (χ4v) is 5.37. The Morgan fingerprint density at radius 2 is 1.86 bits per heavy atom. The highest BCUT2D eigenvalue weighted by atomic mass is 32.2. The number of amidine groups is 1. The van der Waals surface area contributed by atoms with Crippen molar-refractivity contribution < 1.29 is 22.7 Å². The van der Waals surface area contributed by atoms with Gasteiger partial charge < -0.3 is 25.8 Å². The maximum Gasteiger partial charge on any atom is 0.277 e. The van der Waals surface area contributed by atoms with Crippen LogP contribution in [-0.4, -0.2) is 65.0 Å². The standard InChI is InChI=1S/C25H36N6O5S/c1-35-22-8-4-7-20(23(22)36-2)16-29-37(33,34)30-21(14-18-5-3-6-19(13-18)24(27)28)25(32)31-11-9-17(15-26)10-12-31/h3-8,13,17,21,29-30H,9-12,14-16,26H2,1-2H3,(H3,27,28). The molecule has 0 spiro atoms. The number of benzene rings is 2. The molecule has 0 aliphatic carbocycles. The van der Waals surface area contributed by atoms with Crippen molar-refractivity contribution >= 4 is 22.0 Å². The number of rotatable bonds is 12. The van der Waals surface area contributed by atoms with Gasteiger partial charge >= 0.3 is 0 Å². The zero-order valence-corrected chi connectivity index (χ0v) is 22.0. The molecule has 12 heteroatoms. The molecule has 0 bridgehead atoms. The number of para-hydroxylation sites is 1. The lowest BCUT2D eigenvalue weighted by Crippen LogP contribution is -2.54. The first-order chi connectivity index (χ1) is 17.7. The SMILES string of the molecule is COc1cccc(CNS(=O)(=O)NC(Cc2cccc(C(=N)N)c2)C(=O)N2CCC(CN)CC2)c1OC. The van der Waals surface area contributed by atoms with Crippen LogP contribution in [0.15, 0.2) is 42.5 Å². The zero-order valence-electron chi connectivity index (χ0n) is 21.2. The fraction of sp³-hybridized carbons (Fsp3) is 0.440. The molecule has 1 aliphatic rings. The van der Waals surface area contributed by atoms with Crippen molar-refractivity contribution in [2.24, 2.45) is 17.4 Å². The third kappa shape index (κ3) is 7.65. The molecule has 2 aromatic rings. The van der Waals surface area contributed by atoms with Gasteiger partial charge in [-0.2, -0.15) is 17.9 Å². The Hall–Kier alpha value is -3.19. The number of carbonyl (C=O) groups excluding carboxylic acids is 1. The Morgan fingerprint density at radius 3 is 2.49 bits per heavy atom. The molecule has 3 rings (SSSR count). The number of nitrogens with one attached hydrogen (secondary N) is 3. The normalized spacial score (nSPS) is 15.3. The lowest BCUT2D eigenvalue weighted by molar-refractivity contribution is -0.134. The first-order valence-electron chi connectivity index (χ1n) is 12.1. The monoisotopic (exact) mass is 532 g/mol. The molecule has 7 N–H and O–H groups in total. The molecular weight excluding hydrogens is 496 g/mol. The number of nitrogens with two attached hydrogens (primary N) is 2. The summed E-state index contributed by atoms with van der Waals surface area (Å²) in [5.74, 6) is 0.831. The molecule has 1 amide bonds. The van der Waals surface area contributed by atoms with Gasteiger partial charge in [-0.1, -0.05) is 30.3 Å². The number of likely N-dealkylation sites (tertiary alicyclic amines) is 1. The van der Waals surface area contributed by atoms with Crippen molar-refractivity contribution in [3.05, 3.63) is 59.2 Å². The largest absolute Gasteiger partial charge is 0.493 e. The van der Waals surface area contributed by atoms with Gasteiger partial charge in [0.1, 0.15) is 11.9 Å². The Morgan fingerprint density at radius 1 is 1.16 bits per heavy atom. The van der Waals surface area contributed by atoms with E-state index in [1.165, 1.54) is 14.2 Å². The summed E-state index contributed by atoms with van der Waals surface area (Å²) in [7, 11) is -1.12. The second kappa shape index (κ2) is 12.9. The van der Waals surface area contributed by atoms with Crippen molar-refractivity contribution in [3.63, 3.8) is 0 Å². The summed E-state index contributed by atoms with van der Waals surface area (Å²) in [6.45, 7) is 1.52. The lowest BCUT2D eigenvalue weighted by atomic mass is 9.96. The van der Waals surface area contributed by atoms with Crippen LogP contribution in [-0.2, 0) is 28.0 Å². The molecule has 11 nitrogen and oxygen atoms in total. The van der Waals surface area contributed by atoms with Gasteiger partial charge in [0, 0.05) is 30.8 Å². The van der Waals surface area contributed by atoms with Gasteiger partial charge in [-0.15, -0.1) is 0 Å². The second-order valence-electron chi connectivity index (χ2n) is 8.97. The molecule has 1 unspecified atom stereocenters. The average molecular weight is 533 g/mol. The van der Waals surface area contributed by atoms with E-state index in [0.717, 1.165) is 12.8 Å². The summed E-state index contributed by atoms with van der Waals surface area (Å²) >= 11 is 0. The summed E-state index contributed by atoms with van der Waals surface area (Å²) in [6, 6.07) is 11.0. The Balaban J connectivity index is 1.80. The van der Waals surface area contributed by atoms with Crippen LogP contribution in [0.2, 0.25) is 0 Å². The number of piperidine rings is 1. The van der Waals surface area contributed by atoms with Crippen molar-refractivity contribution in [3.8, 4) is 11.5 Å². The minimum Gasteiger partial charge on any atom is -0.493 e. The van der Waals surface area contributed by atoms with E-state index in [2.05, 4.69) is 9.44 Å². The number of hydrogen-bond donors (Lipinski definition) is 5. The minimum atomic E-state index is -4.10. The fourth-order valence-electron chi connectivity index (χ4n) is 4.38. The molecule has 1 fully saturated rings. The van der Waals surface area contributed by atoms with Gasteiger partial charge in [-0.3, -0.25) is 10.2 Å². The molecule has 1 heterocycles. The van der Waals surface area contributed by atoms with E-state index in [4.69, 9.17) is 26.4 Å². The van der Waals surface area contributed by atoms with Crippen LogP contribution in [0.1, 0.15) is 29.5 Å². The Bertz CT molecular complexity index is 1200. The number of amides is 1. The van der Waals surface area contributed by atoms with Gasteiger partial charge in [0.05, 0.1) is 14.2 Å². The predicted octanol–water partition coefficient (Wildman–Crippen LogP) is 0.720. The highest BCUT2D eigenvalue weighted by Gasteiger charge is 2.31. The van der Waals surface area contributed by atoms with Crippen molar-refractivity contribution in [2.75, 3.05) is 33.9 Å². The van der Waals surface area contributed by atoms with Crippen LogP contribution in [0.25, 0.3) is 0 Å². The van der Waals surface area contributed by atoms with E-state index in [1.54, 1.807) is 47.4 Å². The summed E-state index contributed by atoms with van der Waals surface area (Å²) in [5.41, 5.74) is 13.2. The van der Waals surface area contributed by atoms with Crippen molar-refractivity contribution in [1.29, 1.82) is 5.41 Å². The van der Waals surface area contributed by atoms with Crippen LogP contribution in [0.4, 0.5) is 0 Å². The van der Waals surface area contributed by atoms with Gasteiger partial charge in [0.15, 0.2) is 11.5 Å². The van der Waals surface area contributed by atoms with E-state index < -0.39 is 16.3 Å². The van der Waals surface area contributed by atoms with E-state index in [9.17, 15) is 13.2 Å². The van der Waals surface area contributed by atoms with Gasteiger partial charge in [-0.25, -0.2) is 0 Å². The van der Waals surface area contributed by atoms with E-state index in [0.29, 0.717) is 53.7 Å². The van der Waals surface area contributed by atoms with E-state index in [1.807, 2.05) is 0 Å². The number of methoxy groups -OCH3 is 2. The van der Waals surface area contributed by atoms with Crippen LogP contribution >= 0.6 is 0 Å². The first kappa shape index (κ1) is 28.4. The maximum absolute atomic E-state index is 13.5. The second-order valence-corrected chi connectivity index (χ2v) is 10.5. The topological polar surface area (TPSA) is 173 Å². The molecule has 0 radical (unpaired) electrons. The molecule has 2 aromatic carbocycles. The lowest BCUT2D eigenvalue weighted by Gasteiger charge is -2.34. The van der Waals surface area contributed by atoms with Crippen LogP contribution in [0, 0.1) is 11.3 Å². The van der Waals surface area contributed by atoms with Crippen molar-refractivity contribution in [2.45, 2.75) is 31.8 Å². The highest BCUT2D eigenvalue weighted by Crippen LogP contribution is 2.30. The summed E-state index contributed by atoms with van der Waals surface area (Å²) in [4.78, 5) is 15.2. The molecule has 0 aromatic heterocycles. The third-order valence-electron chi connectivity index (χ3n) is 6.47. The van der Waals surface area contributed by atoms with Crippen LogP contribution < -0.4 is 30.4 Å². The van der Waals surface area contributed by atoms with Gasteiger partial charge in [0.25, 0.3) is 10.2 Å². The molecule has 202 valence electrons. The van der Waals surface area contributed by atoms with E-state index in [-0.39, 0.29) is 24.7 Å². The molecular formula is C25H36N6O5S. The number of ether oxygens (including phenoxy) is 2. The summed E-state index contributed by atoms with van der Waals surface area (Å²) < 4.78 is 41.9. The number of nitrogen functional groups attached to an aromatic ring is 1.